The van der Waals surface area contributed by atoms with Gasteiger partial charge in [0.1, 0.15) is 11.4 Å². The number of aliphatic imine (C=N–C) groups is 2. The van der Waals surface area contributed by atoms with E-state index in [1.54, 1.807) is 19.9 Å². The van der Waals surface area contributed by atoms with Crippen molar-refractivity contribution < 1.29 is 13.2 Å². The van der Waals surface area contributed by atoms with E-state index in [0.717, 1.165) is 17.0 Å². The third kappa shape index (κ3) is 3.16. The van der Waals surface area contributed by atoms with Crippen LogP contribution in [0.25, 0.3) is 0 Å². The maximum atomic E-state index is 11.4. The molecule has 0 saturated carbocycles. The van der Waals surface area contributed by atoms with Crippen molar-refractivity contribution in [2.45, 2.75) is 32.5 Å². The molecule has 1 unspecified atom stereocenters. The van der Waals surface area contributed by atoms with Gasteiger partial charge in [-0.2, -0.15) is 0 Å². The Bertz CT molecular complexity index is 838. The summed E-state index contributed by atoms with van der Waals surface area (Å²) in [7, 11) is -3.59. The van der Waals surface area contributed by atoms with Crippen LogP contribution in [0.2, 0.25) is 0 Å². The van der Waals surface area contributed by atoms with E-state index in [4.69, 9.17) is 14.9 Å². The summed E-state index contributed by atoms with van der Waals surface area (Å²) in [6.07, 6.45) is 3.46. The molecule has 25 heavy (non-hydrogen) atoms. The van der Waals surface area contributed by atoms with E-state index in [1.165, 1.54) is 0 Å². The smallest absolute Gasteiger partial charge is 0.218 e. The Labute approximate surface area is 148 Å². The Morgan fingerprint density at radius 3 is 2.84 bits per heavy atom. The molecule has 0 aromatic carbocycles. The fourth-order valence-electron chi connectivity index (χ4n) is 3.30. The molecule has 3 rings (SSSR count). The van der Waals surface area contributed by atoms with Crippen molar-refractivity contribution in [1.29, 1.82) is 0 Å². The van der Waals surface area contributed by atoms with Crippen LogP contribution in [0.4, 0.5) is 0 Å². The van der Waals surface area contributed by atoms with Crippen LogP contribution in [0.5, 0.6) is 0 Å². The molecule has 3 heterocycles. The molecule has 1 fully saturated rings. The minimum Gasteiger partial charge on any atom is -0.477 e. The van der Waals surface area contributed by atoms with Crippen LogP contribution in [0.3, 0.4) is 0 Å². The van der Waals surface area contributed by atoms with Gasteiger partial charge in [-0.1, -0.05) is 33.1 Å². The summed E-state index contributed by atoms with van der Waals surface area (Å²) in [5.41, 5.74) is 0.880. The fraction of sp³-hybridized carbons (Fsp3) is 0.529. The monoisotopic (exact) mass is 364 g/mol. The molecular formula is C17H24N4O3S. The zero-order chi connectivity index (χ0) is 18.6. The molecule has 7 nitrogen and oxygen atoms in total. The summed E-state index contributed by atoms with van der Waals surface area (Å²) >= 11 is 0. The van der Waals surface area contributed by atoms with Gasteiger partial charge in [-0.15, -0.1) is 0 Å². The highest BCUT2D eigenvalue weighted by molar-refractivity contribution is 7.89. The summed E-state index contributed by atoms with van der Waals surface area (Å²) < 4.78 is 28.6. The number of nitrogens with two attached hydrogens (primary N) is 1. The first kappa shape index (κ1) is 17.9. The maximum absolute atomic E-state index is 11.4. The highest BCUT2D eigenvalue weighted by Crippen LogP contribution is 2.50. The highest BCUT2D eigenvalue weighted by Gasteiger charge is 2.64. The number of hydrogen-bond acceptors (Lipinski definition) is 6. The standard InChI is InChI=1S/C17H24N4O3S/c1-6-12-7-13-19-8-11(2)17(5)15(21(13)17)20-14(12)24-9-16(3,4)10-25(18,22)23/h6-7,15H,1-2,8-10H2,3-5H3,(H2,18,22,23)/t15?,17-,21?/m1/s1. The van der Waals surface area contributed by atoms with E-state index in [0.29, 0.717) is 12.4 Å². The second-order valence-electron chi connectivity index (χ2n) is 7.67. The Kier molecular flexibility index (Phi) is 3.96. The Hall–Kier alpha value is -1.93. The van der Waals surface area contributed by atoms with E-state index in [-0.39, 0.29) is 24.1 Å². The molecule has 0 spiro atoms. The number of nitrogens with zero attached hydrogens (tertiary/aromatic N) is 3. The Morgan fingerprint density at radius 1 is 1.56 bits per heavy atom. The lowest BCUT2D eigenvalue weighted by atomic mass is 9.98. The molecule has 1 saturated heterocycles. The van der Waals surface area contributed by atoms with Gasteiger partial charge in [-0.3, -0.25) is 4.99 Å². The molecule has 0 aromatic rings. The SMILES string of the molecule is C=CC1=CC2=NCC(=C)[C@]3(C)C(N=C1OCC(C)(C)CS(N)(=O)=O)N23. The Morgan fingerprint density at radius 2 is 2.24 bits per heavy atom. The van der Waals surface area contributed by atoms with Crippen LogP contribution in [-0.2, 0) is 14.8 Å². The van der Waals surface area contributed by atoms with E-state index in [1.807, 2.05) is 6.08 Å². The van der Waals surface area contributed by atoms with E-state index >= 15 is 0 Å². The summed E-state index contributed by atoms with van der Waals surface area (Å²) in [5, 5.41) is 5.16. The van der Waals surface area contributed by atoms with Gasteiger partial charge >= 0.3 is 0 Å². The summed E-state index contributed by atoms with van der Waals surface area (Å²) in [6.45, 7) is 14.4. The topological polar surface area (TPSA) is 97.1 Å². The van der Waals surface area contributed by atoms with Crippen molar-refractivity contribution in [1.82, 2.24) is 4.90 Å². The van der Waals surface area contributed by atoms with Crippen molar-refractivity contribution in [3.63, 3.8) is 0 Å². The second-order valence-corrected chi connectivity index (χ2v) is 9.28. The lowest BCUT2D eigenvalue weighted by Gasteiger charge is -2.24. The molecule has 3 aliphatic heterocycles. The highest BCUT2D eigenvalue weighted by atomic mass is 32.2. The molecule has 2 atom stereocenters. The van der Waals surface area contributed by atoms with Crippen LogP contribution in [0.15, 0.2) is 46.4 Å². The van der Waals surface area contributed by atoms with Crippen LogP contribution in [0, 0.1) is 5.41 Å². The molecule has 2 N–H and O–H groups in total. The van der Waals surface area contributed by atoms with Crippen molar-refractivity contribution in [2.24, 2.45) is 20.5 Å². The first-order valence-corrected chi connectivity index (χ1v) is 9.77. The Balaban J connectivity index is 1.85. The lowest BCUT2D eigenvalue weighted by molar-refractivity contribution is 0.189. The van der Waals surface area contributed by atoms with Gasteiger partial charge in [0.05, 0.1) is 18.9 Å². The number of rotatable bonds is 5. The predicted octanol–water partition coefficient (Wildman–Crippen LogP) is 1.21. The number of amidine groups is 1. The lowest BCUT2D eigenvalue weighted by Crippen LogP contribution is -2.34. The van der Waals surface area contributed by atoms with Crippen molar-refractivity contribution in [3.8, 4) is 0 Å². The zero-order valence-electron chi connectivity index (χ0n) is 14.8. The van der Waals surface area contributed by atoms with Crippen molar-refractivity contribution in [3.05, 3.63) is 36.5 Å². The van der Waals surface area contributed by atoms with Gasteiger partial charge in [0.15, 0.2) is 6.17 Å². The van der Waals surface area contributed by atoms with Crippen LogP contribution in [-0.4, -0.2) is 55.7 Å². The third-order valence-electron chi connectivity index (χ3n) is 4.76. The molecule has 0 aromatic heterocycles. The predicted molar refractivity (Wildman–Crippen MR) is 98.9 cm³/mol. The van der Waals surface area contributed by atoms with Gasteiger partial charge in [-0.25, -0.2) is 18.5 Å². The number of ether oxygens (including phenoxy) is 1. The molecule has 0 aliphatic carbocycles. The molecule has 8 heteroatoms. The van der Waals surface area contributed by atoms with Crippen LogP contribution >= 0.6 is 0 Å². The third-order valence-corrected chi connectivity index (χ3v) is 5.94. The van der Waals surface area contributed by atoms with Crippen molar-refractivity contribution >= 4 is 21.8 Å². The van der Waals surface area contributed by atoms with Crippen molar-refractivity contribution in [2.75, 3.05) is 18.9 Å². The molecule has 136 valence electrons. The average molecular weight is 364 g/mol. The first-order valence-electron chi connectivity index (χ1n) is 8.05. The number of fused-ring (bicyclic) bond motifs is 1. The van der Waals surface area contributed by atoms with Crippen LogP contribution in [0.1, 0.15) is 20.8 Å². The molecule has 0 radical (unpaired) electrons. The first-order chi connectivity index (χ1) is 11.5. The average Bonchev–Trinajstić information content (AvgIpc) is 3.12. The van der Waals surface area contributed by atoms with Gasteiger partial charge < -0.3 is 9.64 Å². The second kappa shape index (κ2) is 5.54. The quantitative estimate of drug-likeness (QED) is 0.586. The summed E-state index contributed by atoms with van der Waals surface area (Å²) in [6, 6.07) is 0. The molecular weight excluding hydrogens is 340 g/mol. The van der Waals surface area contributed by atoms with Crippen LogP contribution < -0.4 is 5.14 Å². The van der Waals surface area contributed by atoms with Gasteiger partial charge in [-0.05, 0) is 18.6 Å². The number of primary sulfonamides is 1. The number of sulfonamides is 1. The fourth-order valence-corrected chi connectivity index (χ4v) is 4.47. The molecule has 3 aliphatic rings. The van der Waals surface area contributed by atoms with Gasteiger partial charge in [0.25, 0.3) is 0 Å². The number of hydrogen-bond donors (Lipinski definition) is 1. The molecule has 0 bridgehead atoms. The molecule has 0 amide bonds. The maximum Gasteiger partial charge on any atom is 0.218 e. The summed E-state index contributed by atoms with van der Waals surface area (Å²) in [5.74, 6) is 1.12. The zero-order valence-corrected chi connectivity index (χ0v) is 15.6. The minimum atomic E-state index is -3.59. The van der Waals surface area contributed by atoms with Gasteiger partial charge in [0, 0.05) is 11.0 Å². The van der Waals surface area contributed by atoms with E-state index < -0.39 is 15.4 Å². The van der Waals surface area contributed by atoms with E-state index in [2.05, 4.69) is 30.0 Å². The largest absolute Gasteiger partial charge is 0.477 e. The normalized spacial score (nSPS) is 28.3. The van der Waals surface area contributed by atoms with Gasteiger partial charge in [0.2, 0.25) is 15.9 Å². The minimum absolute atomic E-state index is 0.105. The van der Waals surface area contributed by atoms with E-state index in [9.17, 15) is 8.42 Å². The summed E-state index contributed by atoms with van der Waals surface area (Å²) in [4.78, 5) is 11.4.